The van der Waals surface area contributed by atoms with Crippen molar-refractivity contribution in [3.63, 3.8) is 0 Å². The highest BCUT2D eigenvalue weighted by atomic mass is 32.2. The van der Waals surface area contributed by atoms with Crippen molar-refractivity contribution in [2.45, 2.75) is 12.5 Å². The van der Waals surface area contributed by atoms with Crippen molar-refractivity contribution >= 4 is 17.7 Å². The van der Waals surface area contributed by atoms with Gasteiger partial charge in [0, 0.05) is 4.11 Å². The minimum Gasteiger partial charge on any atom is -0.480 e. The Morgan fingerprint density at radius 1 is 2.11 bits per heavy atom. The lowest BCUT2D eigenvalue weighted by Crippen LogP contribution is -2.30. The highest BCUT2D eigenvalue weighted by Crippen LogP contribution is 1.97. The summed E-state index contributed by atoms with van der Waals surface area (Å²) in [6.45, 7) is 0. The fourth-order valence-electron chi connectivity index (χ4n) is 0.309. The van der Waals surface area contributed by atoms with Crippen LogP contribution in [0.25, 0.3) is 0 Å². The largest absolute Gasteiger partial charge is 0.480 e. The van der Waals surface area contributed by atoms with Crippen LogP contribution >= 0.6 is 11.8 Å². The van der Waals surface area contributed by atoms with Crippen LogP contribution < -0.4 is 5.73 Å². The van der Waals surface area contributed by atoms with Crippen LogP contribution in [0.15, 0.2) is 0 Å². The Bertz CT molecular complexity index is 161. The summed E-state index contributed by atoms with van der Waals surface area (Å²) in [6, 6.07) is -0.958. The van der Waals surface area contributed by atoms with E-state index in [0.29, 0.717) is 0 Å². The number of aliphatic carboxylic acids is 1. The highest BCUT2D eigenvalue weighted by molar-refractivity contribution is 7.98. The third kappa shape index (κ3) is 4.29. The molecule has 0 unspecified atom stereocenters. The summed E-state index contributed by atoms with van der Waals surface area (Å²) in [6.07, 6.45) is -1.88. The second-order valence-corrected chi connectivity index (χ2v) is 2.28. The fourth-order valence-corrected chi connectivity index (χ4v) is 0.681. The molecule has 0 aliphatic rings. The Hall–Kier alpha value is -0.220. The minimum atomic E-state index is -2.06. The van der Waals surface area contributed by atoms with Gasteiger partial charge in [-0.1, -0.05) is 0 Å². The summed E-state index contributed by atoms with van der Waals surface area (Å²) in [5.74, 6) is -0.856. The number of rotatable bonds is 4. The van der Waals surface area contributed by atoms with Crippen LogP contribution in [0.2, 0.25) is 0 Å². The first-order valence-electron chi connectivity index (χ1n) is 3.95. The van der Waals surface area contributed by atoms with E-state index in [-0.39, 0.29) is 12.2 Å². The molecule has 0 saturated carbocycles. The molecule has 0 amide bonds. The van der Waals surface area contributed by atoms with Gasteiger partial charge in [-0.3, -0.25) is 4.79 Å². The molecule has 9 heavy (non-hydrogen) atoms. The van der Waals surface area contributed by atoms with Gasteiger partial charge in [-0.15, -0.1) is 0 Å². The number of nitrogens with two attached hydrogens (primary N) is 1. The van der Waals surface area contributed by atoms with E-state index in [1.54, 1.807) is 0 Å². The average molecular weight is 153 g/mol. The standard InChI is InChI=1S/C5H11NO2S/c1-9-3-2-4(6)5(7)8/h4H,2-3,6H2,1H3,(H,7,8)/t4-/m0/s1/i1+1D3. The van der Waals surface area contributed by atoms with E-state index in [9.17, 15) is 4.79 Å². The van der Waals surface area contributed by atoms with Crippen molar-refractivity contribution in [2.24, 2.45) is 5.73 Å². The lowest BCUT2D eigenvalue weighted by Gasteiger charge is -2.02. The third-order valence-electron chi connectivity index (χ3n) is 0.848. The first-order chi connectivity index (χ1) is 5.33. The molecule has 0 aromatic heterocycles. The molecular formula is C5H11NO2S. The second kappa shape index (κ2) is 4.64. The number of hydrogen-bond donors (Lipinski definition) is 2. The Balaban J connectivity index is 3.51. The molecule has 54 valence electrons. The Morgan fingerprint density at radius 2 is 2.78 bits per heavy atom. The monoisotopic (exact) mass is 153 g/mol. The molecule has 0 bridgehead atoms. The molecular weight excluding hydrogens is 139 g/mol. The van der Waals surface area contributed by atoms with E-state index in [1.165, 1.54) is 0 Å². The maximum absolute atomic E-state index is 10.2. The molecule has 0 aliphatic carbocycles. The van der Waals surface area contributed by atoms with Crippen LogP contribution in [0.1, 0.15) is 10.5 Å². The third-order valence-corrected chi connectivity index (χ3v) is 1.29. The van der Waals surface area contributed by atoms with Crippen LogP contribution in [-0.2, 0) is 4.79 Å². The predicted molar refractivity (Wildman–Crippen MR) is 38.6 cm³/mol. The van der Waals surface area contributed by atoms with E-state index < -0.39 is 18.2 Å². The average Bonchev–Trinajstić information content (AvgIpc) is 1.84. The van der Waals surface area contributed by atoms with E-state index in [1.807, 2.05) is 0 Å². The molecule has 3 nitrogen and oxygen atoms in total. The number of carboxylic acid groups (broad SMARTS) is 1. The van der Waals surface area contributed by atoms with Crippen LogP contribution in [0.3, 0.4) is 0 Å². The summed E-state index contributed by atoms with van der Waals surface area (Å²) in [4.78, 5) is 10.2. The van der Waals surface area contributed by atoms with Crippen molar-refractivity contribution in [1.29, 1.82) is 0 Å². The van der Waals surface area contributed by atoms with Crippen LogP contribution in [0, 0.1) is 0 Å². The molecule has 0 rings (SSSR count). The van der Waals surface area contributed by atoms with Gasteiger partial charge in [0.15, 0.2) is 0 Å². The molecule has 0 saturated heterocycles. The summed E-state index contributed by atoms with van der Waals surface area (Å²) < 4.78 is 20.4. The zero-order valence-corrected chi connectivity index (χ0v) is 5.65. The Kier molecular flexibility index (Phi) is 2.36. The van der Waals surface area contributed by atoms with E-state index >= 15 is 0 Å². The van der Waals surface area contributed by atoms with Crippen molar-refractivity contribution in [3.05, 3.63) is 0 Å². The van der Waals surface area contributed by atoms with Gasteiger partial charge < -0.3 is 10.8 Å². The first-order valence-corrected chi connectivity index (χ1v) is 3.44. The van der Waals surface area contributed by atoms with Gasteiger partial charge in [-0.25, -0.2) is 0 Å². The molecule has 0 heterocycles. The summed E-state index contributed by atoms with van der Waals surface area (Å²) >= 11 is 0.736. The number of hydrogen-bond acceptors (Lipinski definition) is 3. The van der Waals surface area contributed by atoms with Gasteiger partial charge in [-0.2, -0.15) is 11.8 Å². The molecule has 3 N–H and O–H groups in total. The molecule has 0 radical (unpaired) electrons. The summed E-state index contributed by atoms with van der Waals surface area (Å²) in [5.41, 5.74) is 5.15. The number of carbonyl (C=O) groups is 1. The van der Waals surface area contributed by atoms with Gasteiger partial charge in [-0.05, 0) is 18.4 Å². The van der Waals surface area contributed by atoms with Crippen LogP contribution in [0.4, 0.5) is 0 Å². The number of thioether (sulfide) groups is 1. The lowest BCUT2D eigenvalue weighted by molar-refractivity contribution is -0.138. The van der Waals surface area contributed by atoms with Gasteiger partial charge in [0.1, 0.15) is 6.04 Å². The van der Waals surface area contributed by atoms with Crippen molar-refractivity contribution < 1.29 is 14.0 Å². The Labute approximate surface area is 62.8 Å². The minimum absolute atomic E-state index is 0.179. The summed E-state index contributed by atoms with van der Waals surface area (Å²) in [7, 11) is 0. The van der Waals surface area contributed by atoms with Crippen molar-refractivity contribution in [3.8, 4) is 0 Å². The Morgan fingerprint density at radius 3 is 3.22 bits per heavy atom. The van der Waals surface area contributed by atoms with E-state index in [2.05, 4.69) is 0 Å². The zero-order valence-electron chi connectivity index (χ0n) is 7.83. The molecule has 0 aromatic carbocycles. The van der Waals surface area contributed by atoms with Crippen molar-refractivity contribution in [2.75, 3.05) is 11.9 Å². The maximum Gasteiger partial charge on any atom is 0.320 e. The number of carboxylic acids is 1. The summed E-state index contributed by atoms with van der Waals surface area (Å²) in [5, 5.41) is 8.34. The fraction of sp³-hybridized carbons (Fsp3) is 0.800. The van der Waals surface area contributed by atoms with Gasteiger partial charge >= 0.3 is 5.97 Å². The maximum atomic E-state index is 10.2. The topological polar surface area (TPSA) is 63.3 Å². The normalized spacial score (nSPS) is 19.4. The predicted octanol–water partition coefficient (Wildman–Crippen LogP) is 0.151. The molecule has 0 aromatic rings. The quantitative estimate of drug-likeness (QED) is 0.564. The van der Waals surface area contributed by atoms with Crippen molar-refractivity contribution in [1.82, 2.24) is 0 Å². The lowest BCUT2D eigenvalue weighted by atomic mass is 10.2. The molecule has 4 heteroatoms. The van der Waals surface area contributed by atoms with Gasteiger partial charge in [0.05, 0.1) is 0 Å². The van der Waals surface area contributed by atoms with Gasteiger partial charge in [0.25, 0.3) is 0 Å². The van der Waals surface area contributed by atoms with Crippen LogP contribution in [0.5, 0.6) is 0 Å². The first kappa shape index (κ1) is 4.57. The molecule has 0 spiro atoms. The zero-order chi connectivity index (χ0) is 9.78. The highest BCUT2D eigenvalue weighted by Gasteiger charge is 2.08. The van der Waals surface area contributed by atoms with E-state index in [0.717, 1.165) is 11.8 Å². The van der Waals surface area contributed by atoms with Gasteiger partial charge in [0.2, 0.25) is 0 Å². The smallest absolute Gasteiger partial charge is 0.320 e. The molecule has 0 fully saturated rings. The van der Waals surface area contributed by atoms with Crippen LogP contribution in [-0.4, -0.2) is 29.1 Å². The molecule has 0 aliphatic heterocycles. The SMILES string of the molecule is [2H][13C]([2H])([2H])SCC[C@H](N)C(=O)O. The molecule has 1 atom stereocenters. The van der Waals surface area contributed by atoms with E-state index in [4.69, 9.17) is 15.0 Å². The second-order valence-electron chi connectivity index (χ2n) is 1.58.